The zero-order valence-electron chi connectivity index (χ0n) is 12.3. The zero-order chi connectivity index (χ0) is 14.8. The van der Waals surface area contributed by atoms with Crippen LogP contribution in [-0.2, 0) is 6.54 Å². The smallest absolute Gasteiger partial charge is 0.176 e. The van der Waals surface area contributed by atoms with E-state index in [-0.39, 0.29) is 6.04 Å². The van der Waals surface area contributed by atoms with Crippen LogP contribution in [0.3, 0.4) is 0 Å². The molecule has 0 aliphatic heterocycles. The summed E-state index contributed by atoms with van der Waals surface area (Å²) in [5.41, 5.74) is 1.87. The third-order valence-electron chi connectivity index (χ3n) is 3.43. The average molecular weight is 302 g/mol. The quantitative estimate of drug-likeness (QED) is 0.772. The van der Waals surface area contributed by atoms with Crippen molar-refractivity contribution in [1.29, 1.82) is 0 Å². The Hall–Kier alpha value is -1.85. The van der Waals surface area contributed by atoms with Crippen LogP contribution >= 0.6 is 11.3 Å². The number of nitrogens with one attached hydrogen (secondary N) is 1. The van der Waals surface area contributed by atoms with Crippen LogP contribution in [0.1, 0.15) is 29.4 Å². The molecule has 0 spiro atoms. The number of aromatic nitrogens is 1. The molecule has 2 heterocycles. The second-order valence-electron chi connectivity index (χ2n) is 4.99. The number of aryl methyl sites for hydroxylation is 1. The van der Waals surface area contributed by atoms with E-state index >= 15 is 0 Å². The first-order valence-electron chi connectivity index (χ1n) is 6.88. The fourth-order valence-electron chi connectivity index (χ4n) is 2.28. The minimum absolute atomic E-state index is 0.115. The number of hydrogen-bond acceptors (Lipinski definition) is 5. The second kappa shape index (κ2) is 5.87. The maximum Gasteiger partial charge on any atom is 0.176 e. The highest BCUT2D eigenvalue weighted by molar-refractivity contribution is 7.09. The summed E-state index contributed by atoms with van der Waals surface area (Å²) in [6.07, 6.45) is 0. The SMILES string of the molecule is COc1cccc2cc([C@@H](C)NCc3csc(C)n3)oc12. The van der Waals surface area contributed by atoms with Gasteiger partial charge in [0.2, 0.25) is 0 Å². The largest absolute Gasteiger partial charge is 0.493 e. The van der Waals surface area contributed by atoms with Crippen LogP contribution in [-0.4, -0.2) is 12.1 Å². The highest BCUT2D eigenvalue weighted by Crippen LogP contribution is 2.30. The summed E-state index contributed by atoms with van der Waals surface area (Å²) in [6.45, 7) is 4.84. The first-order chi connectivity index (χ1) is 10.2. The molecule has 0 amide bonds. The van der Waals surface area contributed by atoms with Crippen LogP contribution in [0.2, 0.25) is 0 Å². The molecule has 3 rings (SSSR count). The Kier molecular flexibility index (Phi) is 3.94. The Morgan fingerprint density at radius 1 is 1.43 bits per heavy atom. The number of methoxy groups -OCH3 is 1. The second-order valence-corrected chi connectivity index (χ2v) is 6.05. The predicted octanol–water partition coefficient (Wildman–Crippen LogP) is 4.06. The van der Waals surface area contributed by atoms with Crippen molar-refractivity contribution < 1.29 is 9.15 Å². The van der Waals surface area contributed by atoms with Gasteiger partial charge in [-0.25, -0.2) is 4.98 Å². The van der Waals surface area contributed by atoms with Gasteiger partial charge in [0, 0.05) is 17.3 Å². The topological polar surface area (TPSA) is 47.3 Å². The van der Waals surface area contributed by atoms with E-state index in [9.17, 15) is 0 Å². The molecule has 0 unspecified atom stereocenters. The summed E-state index contributed by atoms with van der Waals surface area (Å²) < 4.78 is 11.3. The van der Waals surface area contributed by atoms with Crippen molar-refractivity contribution >= 4 is 22.3 Å². The van der Waals surface area contributed by atoms with E-state index in [1.165, 1.54) is 0 Å². The van der Waals surface area contributed by atoms with E-state index in [4.69, 9.17) is 9.15 Å². The third kappa shape index (κ3) is 2.94. The molecular formula is C16H18N2O2S. The normalized spacial score (nSPS) is 12.7. The molecule has 110 valence electrons. The summed E-state index contributed by atoms with van der Waals surface area (Å²) in [5, 5.41) is 7.67. The van der Waals surface area contributed by atoms with Gasteiger partial charge in [-0.3, -0.25) is 0 Å². The number of benzene rings is 1. The number of fused-ring (bicyclic) bond motifs is 1. The van der Waals surface area contributed by atoms with Crippen LogP contribution in [0.4, 0.5) is 0 Å². The summed E-state index contributed by atoms with van der Waals surface area (Å²) in [5.74, 6) is 1.67. The van der Waals surface area contributed by atoms with Gasteiger partial charge in [0.1, 0.15) is 5.76 Å². The lowest BCUT2D eigenvalue weighted by Gasteiger charge is -2.09. The number of para-hydroxylation sites is 1. The third-order valence-corrected chi connectivity index (χ3v) is 4.25. The molecule has 0 bridgehead atoms. The molecule has 0 saturated heterocycles. The maximum atomic E-state index is 5.94. The van der Waals surface area contributed by atoms with Crippen molar-refractivity contribution in [3.8, 4) is 5.75 Å². The molecule has 5 heteroatoms. The van der Waals surface area contributed by atoms with Gasteiger partial charge in [-0.15, -0.1) is 11.3 Å². The van der Waals surface area contributed by atoms with Crippen molar-refractivity contribution in [3.05, 3.63) is 46.1 Å². The molecule has 2 aromatic heterocycles. The van der Waals surface area contributed by atoms with Crippen LogP contribution in [0.5, 0.6) is 5.75 Å². The predicted molar refractivity (Wildman–Crippen MR) is 84.9 cm³/mol. The summed E-state index contributed by atoms with van der Waals surface area (Å²) >= 11 is 1.67. The van der Waals surface area contributed by atoms with E-state index in [1.54, 1.807) is 18.4 Å². The summed E-state index contributed by atoms with van der Waals surface area (Å²) in [7, 11) is 1.66. The van der Waals surface area contributed by atoms with Gasteiger partial charge in [-0.1, -0.05) is 12.1 Å². The first kappa shape index (κ1) is 14.1. The van der Waals surface area contributed by atoms with Gasteiger partial charge in [0.15, 0.2) is 11.3 Å². The van der Waals surface area contributed by atoms with Crippen LogP contribution in [0, 0.1) is 6.92 Å². The lowest BCUT2D eigenvalue weighted by atomic mass is 10.2. The zero-order valence-corrected chi connectivity index (χ0v) is 13.2. The highest BCUT2D eigenvalue weighted by atomic mass is 32.1. The number of rotatable bonds is 5. The Bertz CT molecular complexity index is 748. The molecule has 21 heavy (non-hydrogen) atoms. The summed E-state index contributed by atoms with van der Waals surface area (Å²) in [4.78, 5) is 4.45. The van der Waals surface area contributed by atoms with Crippen molar-refractivity contribution in [3.63, 3.8) is 0 Å². The van der Waals surface area contributed by atoms with Gasteiger partial charge < -0.3 is 14.5 Å². The number of thiazole rings is 1. The first-order valence-corrected chi connectivity index (χ1v) is 7.76. The van der Waals surface area contributed by atoms with Gasteiger partial charge >= 0.3 is 0 Å². The minimum atomic E-state index is 0.115. The number of furan rings is 1. The average Bonchev–Trinajstić information content (AvgIpc) is 3.10. The molecule has 0 radical (unpaired) electrons. The molecule has 1 aromatic carbocycles. The summed E-state index contributed by atoms with van der Waals surface area (Å²) in [6, 6.07) is 8.08. The van der Waals surface area contributed by atoms with Crippen LogP contribution < -0.4 is 10.1 Å². The fraction of sp³-hybridized carbons (Fsp3) is 0.312. The Morgan fingerprint density at radius 3 is 3.00 bits per heavy atom. The monoisotopic (exact) mass is 302 g/mol. The van der Waals surface area contributed by atoms with E-state index in [0.717, 1.165) is 39.7 Å². The maximum absolute atomic E-state index is 5.94. The molecule has 1 N–H and O–H groups in total. The molecule has 0 aliphatic carbocycles. The Balaban J connectivity index is 1.76. The lowest BCUT2D eigenvalue weighted by Crippen LogP contribution is -2.17. The fourth-order valence-corrected chi connectivity index (χ4v) is 2.89. The molecule has 4 nitrogen and oxygen atoms in total. The number of nitrogens with zero attached hydrogens (tertiary/aromatic N) is 1. The highest BCUT2D eigenvalue weighted by Gasteiger charge is 2.14. The number of hydrogen-bond donors (Lipinski definition) is 1. The van der Waals surface area contributed by atoms with E-state index < -0.39 is 0 Å². The standard InChI is InChI=1S/C16H18N2O2S/c1-10(17-8-13-9-21-11(2)18-13)15-7-12-5-4-6-14(19-3)16(12)20-15/h4-7,9-10,17H,8H2,1-3H3/t10-/m1/s1. The van der Waals surface area contributed by atoms with Crippen molar-refractivity contribution in [1.82, 2.24) is 10.3 Å². The van der Waals surface area contributed by atoms with Crippen molar-refractivity contribution in [2.24, 2.45) is 0 Å². The van der Waals surface area contributed by atoms with E-state index in [1.807, 2.05) is 25.1 Å². The lowest BCUT2D eigenvalue weighted by molar-refractivity contribution is 0.399. The van der Waals surface area contributed by atoms with Gasteiger partial charge in [-0.2, -0.15) is 0 Å². The van der Waals surface area contributed by atoms with E-state index in [0.29, 0.717) is 0 Å². The molecule has 1 atom stereocenters. The van der Waals surface area contributed by atoms with Gasteiger partial charge in [0.25, 0.3) is 0 Å². The van der Waals surface area contributed by atoms with Crippen molar-refractivity contribution in [2.75, 3.05) is 7.11 Å². The molecular weight excluding hydrogens is 284 g/mol. The van der Waals surface area contributed by atoms with Gasteiger partial charge in [-0.05, 0) is 26.0 Å². The Labute approximate surface area is 127 Å². The molecule has 0 saturated carbocycles. The number of ether oxygens (including phenoxy) is 1. The Morgan fingerprint density at radius 2 is 2.29 bits per heavy atom. The molecule has 3 aromatic rings. The molecule has 0 aliphatic rings. The molecule has 0 fully saturated rings. The van der Waals surface area contributed by atoms with Crippen LogP contribution in [0.25, 0.3) is 11.0 Å². The minimum Gasteiger partial charge on any atom is -0.493 e. The van der Waals surface area contributed by atoms with Crippen LogP contribution in [0.15, 0.2) is 34.1 Å². The van der Waals surface area contributed by atoms with Crippen molar-refractivity contribution in [2.45, 2.75) is 26.4 Å². The van der Waals surface area contributed by atoms with E-state index in [2.05, 4.69) is 28.7 Å². The van der Waals surface area contributed by atoms with Gasteiger partial charge in [0.05, 0.1) is 23.9 Å².